The van der Waals surface area contributed by atoms with Gasteiger partial charge < -0.3 is 4.98 Å². The second-order valence-electron chi connectivity index (χ2n) is 5.93. The molecule has 0 spiro atoms. The van der Waals surface area contributed by atoms with Crippen LogP contribution in [0.15, 0.2) is 4.79 Å². The van der Waals surface area contributed by atoms with Gasteiger partial charge in [0, 0.05) is 12.0 Å². The molecule has 0 saturated carbocycles. The van der Waals surface area contributed by atoms with Crippen LogP contribution in [0.2, 0.25) is 0 Å². The number of hydrogen-bond acceptors (Lipinski definition) is 3. The fraction of sp³-hybridized carbons (Fsp3) is 0.562. The molecular weight excluding hydrogens is 264 g/mol. The number of unbranched alkanes of at least 4 members (excludes halogenated alkanes) is 1. The third-order valence-electron chi connectivity index (χ3n) is 3.70. The van der Waals surface area contributed by atoms with Gasteiger partial charge in [-0.1, -0.05) is 27.2 Å². The fourth-order valence-corrected chi connectivity index (χ4v) is 2.58. The number of hydrogen-bond donors (Lipinski definition) is 1. The smallest absolute Gasteiger partial charge is 0.276 e. The Morgan fingerprint density at radius 2 is 2.14 bits per heavy atom. The molecule has 0 aliphatic heterocycles. The third kappa shape index (κ3) is 2.85. The van der Waals surface area contributed by atoms with E-state index in [0.717, 1.165) is 30.7 Å². The monoisotopic (exact) mass is 286 g/mol. The Balaban J connectivity index is 2.68. The van der Waals surface area contributed by atoms with Gasteiger partial charge >= 0.3 is 0 Å². The van der Waals surface area contributed by atoms with Crippen molar-refractivity contribution in [1.29, 1.82) is 5.26 Å². The second-order valence-corrected chi connectivity index (χ2v) is 5.93. The highest BCUT2D eigenvalue weighted by atomic mass is 16.1. The summed E-state index contributed by atoms with van der Waals surface area (Å²) in [5, 5.41) is 13.8. The summed E-state index contributed by atoms with van der Waals surface area (Å²) in [5.41, 5.74) is 2.46. The average molecular weight is 286 g/mol. The molecule has 1 N–H and O–H groups in total. The molecule has 0 aromatic carbocycles. The predicted octanol–water partition coefficient (Wildman–Crippen LogP) is 2.74. The largest absolute Gasteiger partial charge is 0.326 e. The summed E-state index contributed by atoms with van der Waals surface area (Å²) >= 11 is 0. The van der Waals surface area contributed by atoms with Crippen LogP contribution < -0.4 is 5.56 Å². The molecular formula is C16H22N4O. The molecule has 0 aliphatic carbocycles. The average Bonchev–Trinajstić information content (AvgIpc) is 2.82. The summed E-state index contributed by atoms with van der Waals surface area (Å²) in [4.78, 5) is 15.7. The van der Waals surface area contributed by atoms with E-state index in [9.17, 15) is 10.1 Å². The first-order valence-electron chi connectivity index (χ1n) is 7.53. The van der Waals surface area contributed by atoms with Crippen molar-refractivity contribution in [3.05, 3.63) is 32.9 Å². The Bertz CT molecular complexity index is 746. The molecule has 0 radical (unpaired) electrons. The minimum absolute atomic E-state index is 0.0961. The molecule has 5 heteroatoms. The Hall–Kier alpha value is -2.09. The van der Waals surface area contributed by atoms with Gasteiger partial charge in [0.05, 0.1) is 5.56 Å². The molecule has 0 saturated heterocycles. The zero-order valence-electron chi connectivity index (χ0n) is 13.2. The van der Waals surface area contributed by atoms with E-state index < -0.39 is 0 Å². The van der Waals surface area contributed by atoms with Crippen molar-refractivity contribution < 1.29 is 0 Å². The minimum atomic E-state index is -0.0961. The summed E-state index contributed by atoms with van der Waals surface area (Å²) in [5.74, 6) is 1.19. The van der Waals surface area contributed by atoms with Crippen LogP contribution in [0.25, 0.3) is 5.65 Å². The Morgan fingerprint density at radius 1 is 1.43 bits per heavy atom. The van der Waals surface area contributed by atoms with Crippen LogP contribution in [0.3, 0.4) is 0 Å². The highest BCUT2D eigenvalue weighted by molar-refractivity contribution is 5.60. The second kappa shape index (κ2) is 6.13. The van der Waals surface area contributed by atoms with Crippen molar-refractivity contribution >= 4 is 5.65 Å². The lowest BCUT2D eigenvalue weighted by atomic mass is 10.0. The molecule has 21 heavy (non-hydrogen) atoms. The van der Waals surface area contributed by atoms with Crippen molar-refractivity contribution in [2.24, 2.45) is 5.92 Å². The van der Waals surface area contributed by atoms with E-state index in [4.69, 9.17) is 0 Å². The molecule has 5 nitrogen and oxygen atoms in total. The van der Waals surface area contributed by atoms with E-state index in [-0.39, 0.29) is 5.56 Å². The van der Waals surface area contributed by atoms with Crippen LogP contribution >= 0.6 is 0 Å². The van der Waals surface area contributed by atoms with Gasteiger partial charge in [-0.25, -0.2) is 0 Å². The van der Waals surface area contributed by atoms with Gasteiger partial charge in [-0.3, -0.25) is 4.79 Å². The number of nitrogens with zero attached hydrogens (tertiary/aromatic N) is 3. The van der Waals surface area contributed by atoms with Crippen molar-refractivity contribution in [3.63, 3.8) is 0 Å². The summed E-state index contributed by atoms with van der Waals surface area (Å²) in [6, 6.07) is 2.22. The lowest BCUT2D eigenvalue weighted by molar-refractivity contribution is 0.619. The quantitative estimate of drug-likeness (QED) is 0.918. The molecule has 112 valence electrons. The number of aromatic amines is 1. The number of pyridine rings is 1. The number of nitrogens with one attached hydrogen (secondary N) is 1. The van der Waals surface area contributed by atoms with Crippen molar-refractivity contribution in [3.8, 4) is 6.07 Å². The molecule has 0 fully saturated rings. The SMILES string of the molecule is CCCCc1c(C)c(C#N)c2[nH]c(CC(C)C)nn2c1=O. The highest BCUT2D eigenvalue weighted by Gasteiger charge is 2.18. The van der Waals surface area contributed by atoms with E-state index >= 15 is 0 Å². The topological polar surface area (TPSA) is 73.9 Å². The van der Waals surface area contributed by atoms with Crippen LogP contribution in [0.5, 0.6) is 0 Å². The zero-order valence-corrected chi connectivity index (χ0v) is 13.2. The van der Waals surface area contributed by atoms with Gasteiger partial charge in [0.2, 0.25) is 0 Å². The first kappa shape index (κ1) is 15.3. The maximum Gasteiger partial charge on any atom is 0.276 e. The van der Waals surface area contributed by atoms with Gasteiger partial charge in [0.15, 0.2) is 5.65 Å². The summed E-state index contributed by atoms with van der Waals surface area (Å²) in [7, 11) is 0. The molecule has 0 bridgehead atoms. The Kier molecular flexibility index (Phi) is 4.46. The van der Waals surface area contributed by atoms with Crippen molar-refractivity contribution in [2.75, 3.05) is 0 Å². The van der Waals surface area contributed by atoms with Crippen LogP contribution in [0.1, 0.15) is 56.1 Å². The minimum Gasteiger partial charge on any atom is -0.326 e. The van der Waals surface area contributed by atoms with Gasteiger partial charge in [-0.2, -0.15) is 9.78 Å². The molecule has 2 aromatic rings. The lowest BCUT2D eigenvalue weighted by Crippen LogP contribution is -2.22. The molecule has 0 amide bonds. The Labute approximate surface area is 124 Å². The van der Waals surface area contributed by atoms with Crippen molar-refractivity contribution in [1.82, 2.24) is 14.6 Å². The van der Waals surface area contributed by atoms with E-state index in [1.165, 1.54) is 4.52 Å². The van der Waals surface area contributed by atoms with E-state index in [1.54, 1.807) is 0 Å². The number of nitriles is 1. The number of fused-ring (bicyclic) bond motifs is 1. The normalized spacial score (nSPS) is 11.2. The maximum absolute atomic E-state index is 12.6. The highest BCUT2D eigenvalue weighted by Crippen LogP contribution is 2.17. The summed E-state index contributed by atoms with van der Waals surface area (Å²) < 4.78 is 1.37. The molecule has 2 heterocycles. The van der Waals surface area contributed by atoms with Crippen molar-refractivity contribution in [2.45, 2.75) is 53.4 Å². The predicted molar refractivity (Wildman–Crippen MR) is 82.4 cm³/mol. The van der Waals surface area contributed by atoms with Gasteiger partial charge in [-0.15, -0.1) is 5.10 Å². The van der Waals surface area contributed by atoms with Gasteiger partial charge in [-0.05, 0) is 31.2 Å². The molecule has 0 aliphatic rings. The fourth-order valence-electron chi connectivity index (χ4n) is 2.58. The third-order valence-corrected chi connectivity index (χ3v) is 3.70. The van der Waals surface area contributed by atoms with E-state index in [2.05, 4.69) is 36.9 Å². The first-order chi connectivity index (χ1) is 9.99. The first-order valence-corrected chi connectivity index (χ1v) is 7.53. The number of rotatable bonds is 5. The van der Waals surface area contributed by atoms with Crippen LogP contribution in [0.4, 0.5) is 0 Å². The van der Waals surface area contributed by atoms with Crippen LogP contribution in [-0.4, -0.2) is 14.6 Å². The zero-order chi connectivity index (χ0) is 15.6. The van der Waals surface area contributed by atoms with Crippen LogP contribution in [0, 0.1) is 24.2 Å². The van der Waals surface area contributed by atoms with E-state index in [1.807, 2.05) is 6.92 Å². The Morgan fingerprint density at radius 3 is 2.71 bits per heavy atom. The van der Waals surface area contributed by atoms with Gasteiger partial charge in [0.1, 0.15) is 11.9 Å². The lowest BCUT2D eigenvalue weighted by Gasteiger charge is -2.06. The molecule has 0 atom stereocenters. The van der Waals surface area contributed by atoms with Gasteiger partial charge in [0.25, 0.3) is 5.56 Å². The van der Waals surface area contributed by atoms with Crippen LogP contribution in [-0.2, 0) is 12.8 Å². The molecule has 2 rings (SSSR count). The standard InChI is InChI=1S/C16H22N4O/c1-5-6-7-12-11(4)13(9-17)15-18-14(8-10(2)3)19-20(15)16(12)21/h10H,5-8H2,1-4H3,(H,18,19). The molecule has 2 aromatic heterocycles. The molecule has 0 unspecified atom stereocenters. The summed E-state index contributed by atoms with van der Waals surface area (Å²) in [6.07, 6.45) is 3.42. The number of aromatic nitrogens is 3. The number of H-pyrrole nitrogens is 1. The van der Waals surface area contributed by atoms with E-state index in [0.29, 0.717) is 29.1 Å². The summed E-state index contributed by atoms with van der Waals surface area (Å²) in [6.45, 7) is 8.14. The maximum atomic E-state index is 12.6.